The fourth-order valence-corrected chi connectivity index (χ4v) is 11.6. The van der Waals surface area contributed by atoms with E-state index in [1.165, 1.54) is 334 Å². The van der Waals surface area contributed by atoms with E-state index in [4.69, 9.17) is 14.2 Å². The number of ether oxygens (including phenoxy) is 3. The van der Waals surface area contributed by atoms with E-state index in [0.29, 0.717) is 19.3 Å². The summed E-state index contributed by atoms with van der Waals surface area (Å²) in [6, 6.07) is 0. The van der Waals surface area contributed by atoms with Gasteiger partial charge in [-0.2, -0.15) is 0 Å². The van der Waals surface area contributed by atoms with E-state index in [0.717, 1.165) is 57.8 Å². The summed E-state index contributed by atoms with van der Waals surface area (Å²) >= 11 is 0. The molecule has 0 aliphatic heterocycles. The number of unbranched alkanes of at least 4 members (excludes halogenated alkanes) is 58. The van der Waals surface area contributed by atoms with Crippen LogP contribution in [0.1, 0.15) is 432 Å². The monoisotopic (exact) mass is 1120 g/mol. The van der Waals surface area contributed by atoms with Gasteiger partial charge in [0.2, 0.25) is 0 Å². The van der Waals surface area contributed by atoms with E-state index in [1.54, 1.807) is 0 Å². The van der Waals surface area contributed by atoms with E-state index in [-0.39, 0.29) is 31.1 Å². The van der Waals surface area contributed by atoms with Gasteiger partial charge in [0.1, 0.15) is 13.2 Å². The minimum Gasteiger partial charge on any atom is -0.462 e. The Morgan fingerprint density at radius 2 is 0.342 bits per heavy atom. The van der Waals surface area contributed by atoms with E-state index >= 15 is 0 Å². The first kappa shape index (κ1) is 77.4. The summed E-state index contributed by atoms with van der Waals surface area (Å²) in [5.41, 5.74) is 0. The largest absolute Gasteiger partial charge is 0.462 e. The third-order valence-corrected chi connectivity index (χ3v) is 17.1. The molecule has 1 atom stereocenters. The van der Waals surface area contributed by atoms with Crippen LogP contribution in [-0.2, 0) is 28.6 Å². The highest BCUT2D eigenvalue weighted by Crippen LogP contribution is 2.20. The van der Waals surface area contributed by atoms with Gasteiger partial charge in [0.25, 0.3) is 0 Å². The lowest BCUT2D eigenvalue weighted by Gasteiger charge is -2.18. The Morgan fingerprint density at radius 3 is 0.506 bits per heavy atom. The van der Waals surface area contributed by atoms with Crippen LogP contribution >= 0.6 is 0 Å². The Morgan fingerprint density at radius 1 is 0.203 bits per heavy atom. The molecule has 0 saturated heterocycles. The molecule has 0 amide bonds. The van der Waals surface area contributed by atoms with Crippen LogP contribution < -0.4 is 0 Å². The van der Waals surface area contributed by atoms with Crippen molar-refractivity contribution in [3.05, 3.63) is 0 Å². The third-order valence-electron chi connectivity index (χ3n) is 17.1. The molecule has 0 aromatic rings. The molecule has 0 aromatic heterocycles. The Labute approximate surface area is 495 Å². The predicted octanol–water partition coefficient (Wildman–Crippen LogP) is 25.0. The van der Waals surface area contributed by atoms with Crippen molar-refractivity contribution < 1.29 is 28.6 Å². The summed E-state index contributed by atoms with van der Waals surface area (Å²) in [5.74, 6) is -0.818. The molecule has 0 aliphatic carbocycles. The minimum atomic E-state index is -0.763. The first-order chi connectivity index (χ1) is 39.0. The van der Waals surface area contributed by atoms with Crippen LogP contribution in [-0.4, -0.2) is 37.2 Å². The van der Waals surface area contributed by atoms with Crippen LogP contribution in [0.2, 0.25) is 0 Å². The number of hydrogen-bond acceptors (Lipinski definition) is 6. The second-order valence-electron chi connectivity index (χ2n) is 25.2. The number of esters is 3. The van der Waals surface area contributed by atoms with Gasteiger partial charge in [0.15, 0.2) is 6.10 Å². The van der Waals surface area contributed by atoms with Crippen molar-refractivity contribution in [3.8, 4) is 0 Å². The summed E-state index contributed by atoms with van der Waals surface area (Å²) in [5, 5.41) is 0. The maximum Gasteiger partial charge on any atom is 0.306 e. The van der Waals surface area contributed by atoms with Crippen molar-refractivity contribution in [2.24, 2.45) is 0 Å². The van der Waals surface area contributed by atoms with Crippen LogP contribution in [0.15, 0.2) is 0 Å². The summed E-state index contributed by atoms with van der Waals surface area (Å²) < 4.78 is 17.0. The zero-order valence-electron chi connectivity index (χ0n) is 54.2. The highest BCUT2D eigenvalue weighted by Gasteiger charge is 2.20. The summed E-state index contributed by atoms with van der Waals surface area (Å²) in [6.45, 7) is 6.75. The summed E-state index contributed by atoms with van der Waals surface area (Å²) in [6.07, 6.45) is 81.4. The van der Waals surface area contributed by atoms with Crippen molar-refractivity contribution in [1.29, 1.82) is 0 Å². The summed E-state index contributed by atoms with van der Waals surface area (Å²) in [4.78, 5) is 38.4. The van der Waals surface area contributed by atoms with Crippen LogP contribution in [0.25, 0.3) is 0 Å². The Kier molecular flexibility index (Phi) is 67.5. The molecule has 79 heavy (non-hydrogen) atoms. The fraction of sp³-hybridized carbons (Fsp3) is 0.959. The molecule has 0 aliphatic rings. The zero-order valence-corrected chi connectivity index (χ0v) is 54.2. The Balaban J connectivity index is 4.18. The van der Waals surface area contributed by atoms with Crippen molar-refractivity contribution in [1.82, 2.24) is 0 Å². The van der Waals surface area contributed by atoms with Crippen molar-refractivity contribution >= 4 is 17.9 Å². The molecule has 470 valence electrons. The van der Waals surface area contributed by atoms with Gasteiger partial charge < -0.3 is 14.2 Å². The molecule has 0 rings (SSSR count). The summed E-state index contributed by atoms with van der Waals surface area (Å²) in [7, 11) is 0. The van der Waals surface area contributed by atoms with Crippen molar-refractivity contribution in [2.75, 3.05) is 13.2 Å². The SMILES string of the molecule is CCCCCCCCCCCCCCCCCCCCCCCCCCC(=O)OCC(COC(=O)CCCCCCCCCCCCCCC)OC(=O)CCCCCCCCCCCCCCCCCCCCCCCCCC. The third kappa shape index (κ3) is 67.1. The smallest absolute Gasteiger partial charge is 0.306 e. The zero-order chi connectivity index (χ0) is 57.1. The minimum absolute atomic E-state index is 0.0601. The molecular weight excluding hydrogens is 973 g/mol. The first-order valence-corrected chi connectivity index (χ1v) is 36.5. The van der Waals surface area contributed by atoms with Gasteiger partial charge in [-0.05, 0) is 19.3 Å². The molecule has 0 N–H and O–H groups in total. The van der Waals surface area contributed by atoms with Crippen LogP contribution in [0.3, 0.4) is 0 Å². The molecule has 0 fully saturated rings. The van der Waals surface area contributed by atoms with Gasteiger partial charge in [-0.25, -0.2) is 0 Å². The molecule has 0 bridgehead atoms. The molecule has 6 heteroatoms. The van der Waals surface area contributed by atoms with Gasteiger partial charge >= 0.3 is 17.9 Å². The maximum atomic E-state index is 13.0. The molecule has 0 heterocycles. The lowest BCUT2D eigenvalue weighted by molar-refractivity contribution is -0.167. The van der Waals surface area contributed by atoms with Gasteiger partial charge in [-0.15, -0.1) is 0 Å². The van der Waals surface area contributed by atoms with Gasteiger partial charge in [-0.3, -0.25) is 14.4 Å². The quantitative estimate of drug-likeness (QED) is 0.0343. The van der Waals surface area contributed by atoms with Gasteiger partial charge in [0.05, 0.1) is 0 Å². The molecule has 0 aromatic carbocycles. The molecule has 6 nitrogen and oxygen atoms in total. The second-order valence-corrected chi connectivity index (χ2v) is 25.2. The van der Waals surface area contributed by atoms with Crippen molar-refractivity contribution in [2.45, 2.75) is 438 Å². The van der Waals surface area contributed by atoms with E-state index in [2.05, 4.69) is 20.8 Å². The van der Waals surface area contributed by atoms with E-state index < -0.39 is 6.10 Å². The Bertz CT molecular complexity index is 1190. The lowest BCUT2D eigenvalue weighted by atomic mass is 10.0. The lowest BCUT2D eigenvalue weighted by Crippen LogP contribution is -2.30. The number of carbonyl (C=O) groups is 3. The normalized spacial score (nSPS) is 11.9. The van der Waals surface area contributed by atoms with Gasteiger partial charge in [0, 0.05) is 19.3 Å². The second kappa shape index (κ2) is 68.9. The number of rotatable bonds is 69. The maximum absolute atomic E-state index is 13.0. The highest BCUT2D eigenvalue weighted by molar-refractivity contribution is 5.71. The average Bonchev–Trinajstić information content (AvgIpc) is 3.45. The van der Waals surface area contributed by atoms with Crippen LogP contribution in [0, 0.1) is 0 Å². The van der Waals surface area contributed by atoms with E-state index in [9.17, 15) is 14.4 Å². The number of hydrogen-bond donors (Lipinski definition) is 0. The van der Waals surface area contributed by atoms with Crippen molar-refractivity contribution in [3.63, 3.8) is 0 Å². The standard InChI is InChI=1S/C73H142O6/c1-4-7-10-13-16-19-22-25-27-29-31-33-35-37-39-41-43-45-48-51-54-57-60-63-66-72(75)78-69-70(68-77-71(74)65-62-59-56-53-50-47-24-21-18-15-12-9-6-3)79-73(76)67-64-61-58-55-52-49-46-44-42-40-38-36-34-32-30-28-26-23-20-17-14-11-8-5-2/h70H,4-69H2,1-3H3. The number of carbonyl (C=O) groups excluding carboxylic acids is 3. The topological polar surface area (TPSA) is 78.9 Å². The molecule has 0 spiro atoms. The Hall–Kier alpha value is -1.59. The molecular formula is C73H142O6. The first-order valence-electron chi connectivity index (χ1n) is 36.5. The highest BCUT2D eigenvalue weighted by atomic mass is 16.6. The molecule has 1 unspecified atom stereocenters. The van der Waals surface area contributed by atoms with Gasteiger partial charge in [-0.1, -0.05) is 393 Å². The molecule has 0 radical (unpaired) electrons. The average molecular weight is 1120 g/mol. The van der Waals surface area contributed by atoms with Crippen LogP contribution in [0.4, 0.5) is 0 Å². The van der Waals surface area contributed by atoms with E-state index in [1.807, 2.05) is 0 Å². The predicted molar refractivity (Wildman–Crippen MR) is 344 cm³/mol. The fourth-order valence-electron chi connectivity index (χ4n) is 11.6. The van der Waals surface area contributed by atoms with Crippen LogP contribution in [0.5, 0.6) is 0 Å². The molecule has 0 saturated carbocycles.